The summed E-state index contributed by atoms with van der Waals surface area (Å²) < 4.78 is -0.985. The van der Waals surface area contributed by atoms with E-state index in [9.17, 15) is 0 Å². The van der Waals surface area contributed by atoms with Gasteiger partial charge in [0.15, 0.2) is 0 Å². The first-order valence-corrected chi connectivity index (χ1v) is 5.23. The van der Waals surface area contributed by atoms with Gasteiger partial charge < -0.3 is 16.6 Å². The van der Waals surface area contributed by atoms with Crippen molar-refractivity contribution in [3.63, 3.8) is 0 Å². The van der Waals surface area contributed by atoms with Crippen LogP contribution < -0.4 is 11.5 Å². The molecule has 4 radical (unpaired) electrons. The van der Waals surface area contributed by atoms with Crippen LogP contribution in [0.15, 0.2) is 0 Å². The lowest BCUT2D eigenvalue weighted by Crippen LogP contribution is -2.35. The zero-order valence-corrected chi connectivity index (χ0v) is 7.70. The van der Waals surface area contributed by atoms with Gasteiger partial charge in [-0.3, -0.25) is 0 Å². The summed E-state index contributed by atoms with van der Waals surface area (Å²) in [7, 11) is 13.2. The van der Waals surface area contributed by atoms with Crippen LogP contribution in [0.3, 0.4) is 0 Å². The van der Waals surface area contributed by atoms with Crippen molar-refractivity contribution in [3.8, 4) is 0 Å². The Morgan fingerprint density at radius 1 is 1.45 bits per heavy atom. The summed E-state index contributed by atoms with van der Waals surface area (Å²) in [5.41, 5.74) is 9.74. The molecule has 0 bridgehead atoms. The van der Waals surface area contributed by atoms with Crippen LogP contribution in [0.2, 0.25) is 0 Å². The molecular weight excluding hydrogens is 178 g/mol. The van der Waals surface area contributed by atoms with E-state index in [0.29, 0.717) is 0 Å². The summed E-state index contributed by atoms with van der Waals surface area (Å²) in [6, 6.07) is 0. The molecule has 0 saturated carbocycles. The van der Waals surface area contributed by atoms with E-state index in [1.165, 1.54) is 0 Å². The molecule has 0 fully saturated rings. The molecule has 0 aromatic carbocycles. The Balaban J connectivity index is 3.52. The van der Waals surface area contributed by atoms with Gasteiger partial charge in [-0.1, -0.05) is 10.8 Å². The molecule has 60 valence electrons. The molecule has 0 aromatic heterocycles. The Bertz CT molecular complexity index is 116. The SMILES string of the molecule is [B]C([B])(CN)SSC(O)CN. The molecule has 0 spiro atoms. The Labute approximate surface area is 77.3 Å². The summed E-state index contributed by atoms with van der Waals surface area (Å²) in [6.07, 6.45) is 0. The van der Waals surface area contributed by atoms with E-state index in [1.807, 2.05) is 0 Å². The van der Waals surface area contributed by atoms with Gasteiger partial charge in [-0.05, 0) is 11.1 Å². The maximum atomic E-state index is 8.98. The lowest BCUT2D eigenvalue weighted by molar-refractivity contribution is 0.273. The van der Waals surface area contributed by atoms with Crippen LogP contribution in [0.25, 0.3) is 0 Å². The van der Waals surface area contributed by atoms with Gasteiger partial charge in [0.25, 0.3) is 0 Å². The van der Waals surface area contributed by atoms with Crippen LogP contribution in [-0.2, 0) is 0 Å². The lowest BCUT2D eigenvalue weighted by atomic mass is 9.70. The van der Waals surface area contributed by atoms with Crippen molar-refractivity contribution in [2.75, 3.05) is 13.1 Å². The zero-order valence-electron chi connectivity index (χ0n) is 6.06. The molecule has 0 amide bonds. The maximum Gasteiger partial charge on any atom is 0.121 e. The minimum atomic E-state index is -0.985. The van der Waals surface area contributed by atoms with Gasteiger partial charge in [0, 0.05) is 6.54 Å². The van der Waals surface area contributed by atoms with Crippen LogP contribution in [0, 0.1) is 0 Å². The second-order valence-electron chi connectivity index (χ2n) is 2.03. The van der Waals surface area contributed by atoms with Gasteiger partial charge in [0.05, 0.1) is 15.7 Å². The molecule has 11 heavy (non-hydrogen) atoms. The van der Waals surface area contributed by atoms with Gasteiger partial charge in [-0.25, -0.2) is 0 Å². The average molecular weight is 188 g/mol. The topological polar surface area (TPSA) is 72.3 Å². The van der Waals surface area contributed by atoms with E-state index in [2.05, 4.69) is 0 Å². The monoisotopic (exact) mass is 188 g/mol. The molecule has 0 aliphatic heterocycles. The first-order valence-electron chi connectivity index (χ1n) is 3.02. The third-order valence-corrected chi connectivity index (χ3v) is 3.71. The summed E-state index contributed by atoms with van der Waals surface area (Å²) in [5.74, 6) is 0. The number of rotatable bonds is 5. The van der Waals surface area contributed by atoms with E-state index in [-0.39, 0.29) is 13.1 Å². The third kappa shape index (κ3) is 5.93. The highest BCUT2D eigenvalue weighted by Gasteiger charge is 2.17. The quantitative estimate of drug-likeness (QED) is 0.281. The Hall–Kier alpha value is 0.710. The fourth-order valence-electron chi connectivity index (χ4n) is 0.218. The van der Waals surface area contributed by atoms with E-state index >= 15 is 0 Å². The zero-order chi connectivity index (χ0) is 8.91. The van der Waals surface area contributed by atoms with Crippen LogP contribution >= 0.6 is 21.6 Å². The molecule has 0 rings (SSSR count). The number of aliphatic hydroxyl groups excluding tert-OH is 1. The molecule has 1 unspecified atom stereocenters. The first-order chi connectivity index (χ1) is 5.02. The number of nitrogens with two attached hydrogens (primary N) is 2. The molecular formula is C4H10B2N2OS2. The smallest absolute Gasteiger partial charge is 0.121 e. The predicted octanol–water partition coefficient (Wildman–Crippen LogP) is -1.41. The maximum absolute atomic E-state index is 8.98. The second kappa shape index (κ2) is 5.37. The number of hydrogen-bond donors (Lipinski definition) is 3. The highest BCUT2D eigenvalue weighted by molar-refractivity contribution is 8.77. The van der Waals surface area contributed by atoms with Crippen molar-refractivity contribution in [1.29, 1.82) is 0 Å². The highest BCUT2D eigenvalue weighted by atomic mass is 33.1. The fraction of sp³-hybridized carbons (Fsp3) is 1.00. The summed E-state index contributed by atoms with van der Waals surface area (Å²) in [6.45, 7) is 0.334. The van der Waals surface area contributed by atoms with Crippen molar-refractivity contribution in [2.24, 2.45) is 11.5 Å². The van der Waals surface area contributed by atoms with Crippen LogP contribution in [0.4, 0.5) is 0 Å². The Kier molecular flexibility index (Phi) is 5.72. The average Bonchev–Trinajstić information content (AvgIpc) is 2.00. The van der Waals surface area contributed by atoms with Gasteiger partial charge in [0.2, 0.25) is 0 Å². The van der Waals surface area contributed by atoms with Crippen molar-refractivity contribution >= 4 is 37.3 Å². The molecule has 0 aromatic rings. The molecule has 0 aliphatic carbocycles. The molecule has 0 aliphatic rings. The molecule has 5 N–H and O–H groups in total. The highest BCUT2D eigenvalue weighted by Crippen LogP contribution is 2.33. The summed E-state index contributed by atoms with van der Waals surface area (Å²) in [5, 5.41) is 8.98. The van der Waals surface area contributed by atoms with E-state index < -0.39 is 9.98 Å². The second-order valence-corrected chi connectivity index (χ2v) is 4.77. The van der Waals surface area contributed by atoms with E-state index in [0.717, 1.165) is 21.6 Å². The van der Waals surface area contributed by atoms with Gasteiger partial charge in [0.1, 0.15) is 5.44 Å². The van der Waals surface area contributed by atoms with Crippen molar-refractivity contribution in [1.82, 2.24) is 0 Å². The Morgan fingerprint density at radius 2 is 2.00 bits per heavy atom. The van der Waals surface area contributed by atoms with Crippen LogP contribution in [0.1, 0.15) is 0 Å². The molecule has 0 saturated heterocycles. The molecule has 7 heteroatoms. The molecule has 1 atom stereocenters. The first kappa shape index (κ1) is 11.7. The van der Waals surface area contributed by atoms with Gasteiger partial charge in [-0.15, -0.1) is 10.8 Å². The van der Waals surface area contributed by atoms with Crippen molar-refractivity contribution in [2.45, 2.75) is 9.98 Å². The predicted molar refractivity (Wildman–Crippen MR) is 53.5 cm³/mol. The minimum Gasteiger partial charge on any atom is -0.380 e. The summed E-state index contributed by atoms with van der Waals surface area (Å²) >= 11 is 0. The van der Waals surface area contributed by atoms with Crippen molar-refractivity contribution in [3.05, 3.63) is 0 Å². The standard InChI is InChI=1S/C4H10B2N2OS2/c5-4(6,2-8)11-10-3(9)1-7/h3,9H,1-2,7-8H2. The van der Waals surface area contributed by atoms with Gasteiger partial charge >= 0.3 is 0 Å². The summed E-state index contributed by atoms with van der Waals surface area (Å²) in [4.78, 5) is 0. The van der Waals surface area contributed by atoms with Crippen LogP contribution in [0.5, 0.6) is 0 Å². The van der Waals surface area contributed by atoms with Gasteiger partial charge in [-0.2, -0.15) is 0 Å². The van der Waals surface area contributed by atoms with Crippen LogP contribution in [-0.4, -0.2) is 43.9 Å². The fourth-order valence-corrected chi connectivity index (χ4v) is 1.97. The largest absolute Gasteiger partial charge is 0.380 e. The molecule has 3 nitrogen and oxygen atoms in total. The van der Waals surface area contributed by atoms with Crippen molar-refractivity contribution < 1.29 is 5.11 Å². The van der Waals surface area contributed by atoms with E-state index in [4.69, 9.17) is 32.3 Å². The number of aliphatic hydroxyl groups is 1. The Morgan fingerprint density at radius 3 is 2.36 bits per heavy atom. The number of hydrogen-bond acceptors (Lipinski definition) is 5. The minimum absolute atomic E-state index is 0.155. The third-order valence-electron chi connectivity index (χ3n) is 0.835. The normalized spacial score (nSPS) is 14.8. The lowest BCUT2D eigenvalue weighted by Gasteiger charge is -2.22. The molecule has 0 heterocycles. The van der Waals surface area contributed by atoms with E-state index in [1.54, 1.807) is 0 Å².